The Kier molecular flexibility index (Phi) is 4.49. The lowest BCUT2D eigenvalue weighted by atomic mass is 10.2. The van der Waals surface area contributed by atoms with Gasteiger partial charge in [0.05, 0.1) is 0 Å². The normalized spacial score (nSPS) is 10.6. The number of aromatic nitrogens is 1. The van der Waals surface area contributed by atoms with Crippen LogP contribution in [0.15, 0.2) is 41.0 Å². The molecule has 1 amide bonds. The molecule has 1 N–H and O–H groups in total. The number of phenolic OH excluding ortho intramolecular Hbond substituents is 1. The van der Waals surface area contributed by atoms with Crippen LogP contribution in [0.5, 0.6) is 5.75 Å². The summed E-state index contributed by atoms with van der Waals surface area (Å²) in [5.74, 6) is 0.0435. The van der Waals surface area contributed by atoms with Crippen molar-refractivity contribution in [3.63, 3.8) is 0 Å². The van der Waals surface area contributed by atoms with E-state index in [1.165, 1.54) is 4.90 Å². The third-order valence-corrected chi connectivity index (χ3v) is 3.50. The lowest BCUT2D eigenvalue weighted by Crippen LogP contribution is -2.28. The molecule has 0 aliphatic carbocycles. The molecule has 0 atom stereocenters. The molecule has 5 heteroatoms. The van der Waals surface area contributed by atoms with E-state index in [4.69, 9.17) is 0 Å². The number of hydrogen-bond donors (Lipinski definition) is 1. The third kappa shape index (κ3) is 3.04. The van der Waals surface area contributed by atoms with Crippen LogP contribution in [-0.4, -0.2) is 22.6 Å². The first-order valence-electron chi connectivity index (χ1n) is 6.45. The summed E-state index contributed by atoms with van der Waals surface area (Å²) in [4.78, 5) is 14.1. The van der Waals surface area contributed by atoms with Crippen LogP contribution in [0.2, 0.25) is 0 Å². The van der Waals surface area contributed by atoms with Crippen LogP contribution in [0, 0.1) is 0 Å². The number of hydrogen-bond acceptors (Lipinski definition) is 2. The Hall–Kier alpha value is -1.75. The zero-order valence-electron chi connectivity index (χ0n) is 11.5. The number of amides is 1. The van der Waals surface area contributed by atoms with E-state index >= 15 is 0 Å². The maximum atomic E-state index is 12.6. The molecule has 0 aliphatic rings. The first-order chi connectivity index (χ1) is 9.52. The monoisotopic (exact) mass is 336 g/mol. The van der Waals surface area contributed by atoms with Crippen molar-refractivity contribution in [2.45, 2.75) is 19.9 Å². The molecule has 2 rings (SSSR count). The Bertz CT molecular complexity index is 622. The highest BCUT2D eigenvalue weighted by molar-refractivity contribution is 9.10. The zero-order chi connectivity index (χ0) is 14.7. The molecule has 20 heavy (non-hydrogen) atoms. The largest absolute Gasteiger partial charge is 0.508 e. The van der Waals surface area contributed by atoms with Crippen molar-refractivity contribution in [3.8, 4) is 5.75 Å². The van der Waals surface area contributed by atoms with Crippen LogP contribution in [0.4, 0.5) is 5.69 Å². The van der Waals surface area contributed by atoms with E-state index in [-0.39, 0.29) is 11.7 Å². The lowest BCUT2D eigenvalue weighted by Gasteiger charge is -2.18. The summed E-state index contributed by atoms with van der Waals surface area (Å²) < 4.78 is 2.82. The van der Waals surface area contributed by atoms with Crippen molar-refractivity contribution < 1.29 is 9.90 Å². The number of aryl methyl sites for hydroxylation is 1. The van der Waals surface area contributed by atoms with Gasteiger partial charge in [-0.05, 0) is 40.5 Å². The number of phenols is 1. The lowest BCUT2D eigenvalue weighted by molar-refractivity contribution is 0.0984. The molecule has 0 bridgehead atoms. The highest BCUT2D eigenvalue weighted by Crippen LogP contribution is 2.22. The van der Waals surface area contributed by atoms with Gasteiger partial charge in [0.15, 0.2) is 0 Å². The van der Waals surface area contributed by atoms with Gasteiger partial charge in [-0.1, -0.05) is 13.0 Å². The molecule has 0 spiro atoms. The maximum Gasteiger partial charge on any atom is 0.274 e. The van der Waals surface area contributed by atoms with Crippen molar-refractivity contribution in [1.29, 1.82) is 0 Å². The molecule has 106 valence electrons. The van der Waals surface area contributed by atoms with Crippen molar-refractivity contribution in [2.24, 2.45) is 0 Å². The molecule has 0 saturated heterocycles. The standard InChI is InChI=1S/C15H17BrN2O2/c1-3-7-18-10-11(16)8-14(18)15(20)17(2)12-5-4-6-13(19)9-12/h4-6,8-10,19H,3,7H2,1-2H3. The second kappa shape index (κ2) is 6.13. The van der Waals surface area contributed by atoms with E-state index in [0.717, 1.165) is 17.4 Å². The molecule has 1 heterocycles. The molecule has 0 radical (unpaired) electrons. The maximum absolute atomic E-state index is 12.6. The number of benzene rings is 1. The van der Waals surface area contributed by atoms with Gasteiger partial charge in [0, 0.05) is 36.0 Å². The smallest absolute Gasteiger partial charge is 0.274 e. The predicted molar refractivity (Wildman–Crippen MR) is 83.3 cm³/mol. The summed E-state index contributed by atoms with van der Waals surface area (Å²) in [7, 11) is 1.70. The second-order valence-corrected chi connectivity index (χ2v) is 5.54. The Morgan fingerprint density at radius 1 is 1.40 bits per heavy atom. The Morgan fingerprint density at radius 3 is 2.80 bits per heavy atom. The van der Waals surface area contributed by atoms with E-state index in [1.54, 1.807) is 31.3 Å². The van der Waals surface area contributed by atoms with Crippen LogP contribution in [0.25, 0.3) is 0 Å². The van der Waals surface area contributed by atoms with E-state index in [1.807, 2.05) is 16.8 Å². The SMILES string of the molecule is CCCn1cc(Br)cc1C(=O)N(C)c1cccc(O)c1. The van der Waals surface area contributed by atoms with E-state index in [9.17, 15) is 9.90 Å². The number of nitrogens with zero attached hydrogens (tertiary/aromatic N) is 2. The van der Waals surface area contributed by atoms with Crippen LogP contribution >= 0.6 is 15.9 Å². The van der Waals surface area contributed by atoms with Crippen LogP contribution in [-0.2, 0) is 6.54 Å². The first kappa shape index (κ1) is 14.7. The molecule has 4 nitrogen and oxygen atoms in total. The van der Waals surface area contributed by atoms with Crippen LogP contribution in [0.3, 0.4) is 0 Å². The van der Waals surface area contributed by atoms with Crippen molar-refractivity contribution in [1.82, 2.24) is 4.57 Å². The van der Waals surface area contributed by atoms with Crippen LogP contribution < -0.4 is 4.90 Å². The molecular formula is C15H17BrN2O2. The van der Waals surface area contributed by atoms with Gasteiger partial charge in [-0.2, -0.15) is 0 Å². The Balaban J connectivity index is 2.31. The van der Waals surface area contributed by atoms with Crippen molar-refractivity contribution in [3.05, 3.63) is 46.7 Å². The average Bonchev–Trinajstić information content (AvgIpc) is 2.78. The highest BCUT2D eigenvalue weighted by Gasteiger charge is 2.18. The fourth-order valence-corrected chi connectivity index (χ4v) is 2.53. The third-order valence-electron chi connectivity index (χ3n) is 3.07. The number of aromatic hydroxyl groups is 1. The van der Waals surface area contributed by atoms with E-state index in [2.05, 4.69) is 22.9 Å². The topological polar surface area (TPSA) is 45.5 Å². The fourth-order valence-electron chi connectivity index (χ4n) is 2.07. The van der Waals surface area contributed by atoms with Gasteiger partial charge < -0.3 is 14.6 Å². The van der Waals surface area contributed by atoms with Gasteiger partial charge in [-0.25, -0.2) is 0 Å². The van der Waals surface area contributed by atoms with Gasteiger partial charge in [-0.15, -0.1) is 0 Å². The summed E-state index contributed by atoms with van der Waals surface area (Å²) >= 11 is 3.41. The van der Waals surface area contributed by atoms with Crippen molar-refractivity contribution >= 4 is 27.5 Å². The molecule has 1 aromatic heterocycles. The average molecular weight is 337 g/mol. The highest BCUT2D eigenvalue weighted by atomic mass is 79.9. The van der Waals surface area contributed by atoms with Gasteiger partial charge in [0.25, 0.3) is 5.91 Å². The van der Waals surface area contributed by atoms with E-state index in [0.29, 0.717) is 11.4 Å². The van der Waals surface area contributed by atoms with Crippen LogP contribution in [0.1, 0.15) is 23.8 Å². The van der Waals surface area contributed by atoms with Gasteiger partial charge in [0.1, 0.15) is 11.4 Å². The molecule has 0 saturated carbocycles. The summed E-state index contributed by atoms with van der Waals surface area (Å²) in [6.07, 6.45) is 2.87. The summed E-state index contributed by atoms with van der Waals surface area (Å²) in [5, 5.41) is 9.51. The summed E-state index contributed by atoms with van der Waals surface area (Å²) in [6.45, 7) is 2.86. The Morgan fingerprint density at radius 2 is 2.15 bits per heavy atom. The molecule has 0 fully saturated rings. The number of rotatable bonds is 4. The number of anilines is 1. The van der Waals surface area contributed by atoms with Gasteiger partial charge in [-0.3, -0.25) is 4.79 Å². The number of carbonyl (C=O) groups is 1. The number of carbonyl (C=O) groups excluding carboxylic acids is 1. The fraction of sp³-hybridized carbons (Fsp3) is 0.267. The quantitative estimate of drug-likeness (QED) is 0.926. The molecule has 0 unspecified atom stereocenters. The zero-order valence-corrected chi connectivity index (χ0v) is 13.1. The minimum atomic E-state index is -0.102. The summed E-state index contributed by atoms with van der Waals surface area (Å²) in [5.41, 5.74) is 1.29. The van der Waals surface area contributed by atoms with E-state index < -0.39 is 0 Å². The molecular weight excluding hydrogens is 320 g/mol. The van der Waals surface area contributed by atoms with Crippen molar-refractivity contribution in [2.75, 3.05) is 11.9 Å². The first-order valence-corrected chi connectivity index (χ1v) is 7.25. The minimum absolute atomic E-state index is 0.102. The molecule has 2 aromatic rings. The Labute approximate surface area is 126 Å². The number of halogens is 1. The predicted octanol–water partition coefficient (Wildman–Crippen LogP) is 3.64. The molecule has 1 aromatic carbocycles. The second-order valence-electron chi connectivity index (χ2n) is 4.62. The molecule has 0 aliphatic heterocycles. The van der Waals surface area contributed by atoms with Gasteiger partial charge >= 0.3 is 0 Å². The summed E-state index contributed by atoms with van der Waals surface area (Å²) in [6, 6.07) is 8.48. The van der Waals surface area contributed by atoms with Gasteiger partial charge in [0.2, 0.25) is 0 Å². The minimum Gasteiger partial charge on any atom is -0.508 e.